The summed E-state index contributed by atoms with van der Waals surface area (Å²) in [6.45, 7) is 5.34. The Morgan fingerprint density at radius 3 is 2.88 bits per heavy atom. The molecule has 8 heteroatoms. The molecule has 1 fully saturated rings. The Hall–Kier alpha value is -3.03. The number of carbonyl (C=O) groups excluding carboxylic acids is 1. The number of nitrogens with one attached hydrogen (secondary N) is 1. The largest absolute Gasteiger partial charge is 0.328 e. The van der Waals surface area contributed by atoms with Crippen LogP contribution in [-0.4, -0.2) is 47.3 Å². The van der Waals surface area contributed by atoms with E-state index in [1.807, 2.05) is 37.1 Å². The number of hydrogen-bond donors (Lipinski definition) is 1. The molecule has 3 aromatic rings. The fourth-order valence-corrected chi connectivity index (χ4v) is 3.39. The van der Waals surface area contributed by atoms with E-state index in [0.717, 1.165) is 36.5 Å². The second-order valence-electron chi connectivity index (χ2n) is 6.42. The normalized spacial score (nSPS) is 17.0. The summed E-state index contributed by atoms with van der Waals surface area (Å²) in [6, 6.07) is 3.65. The van der Waals surface area contributed by atoms with E-state index < -0.39 is 0 Å². The van der Waals surface area contributed by atoms with Gasteiger partial charge in [-0.15, -0.1) is 0 Å². The third-order valence-electron chi connectivity index (χ3n) is 4.77. The number of nitrogens with zero attached hydrogens (tertiary/aromatic N) is 6. The number of aromatic amines is 1. The van der Waals surface area contributed by atoms with Crippen LogP contribution < -0.4 is 0 Å². The number of H-pyrrole nitrogens is 1. The first kappa shape index (κ1) is 16.4. The third kappa shape index (κ3) is 2.87. The van der Waals surface area contributed by atoms with E-state index in [4.69, 9.17) is 0 Å². The van der Waals surface area contributed by atoms with Crippen molar-refractivity contribution in [3.05, 3.63) is 47.8 Å². The Kier molecular flexibility index (Phi) is 4.24. The van der Waals surface area contributed by atoms with Crippen molar-refractivity contribution in [2.24, 2.45) is 0 Å². The van der Waals surface area contributed by atoms with E-state index in [0.29, 0.717) is 17.9 Å². The first-order valence-corrected chi connectivity index (χ1v) is 8.85. The molecule has 1 N–H and O–H groups in total. The fourth-order valence-electron chi connectivity index (χ4n) is 3.39. The highest BCUT2D eigenvalue weighted by Gasteiger charge is 2.34. The van der Waals surface area contributed by atoms with E-state index in [1.54, 1.807) is 17.1 Å². The Morgan fingerprint density at radius 1 is 1.35 bits per heavy atom. The maximum absolute atomic E-state index is 13.1. The summed E-state index contributed by atoms with van der Waals surface area (Å²) in [5, 5.41) is 11.7. The van der Waals surface area contributed by atoms with Crippen LogP contribution in [0.2, 0.25) is 0 Å². The van der Waals surface area contributed by atoms with Crippen LogP contribution in [-0.2, 0) is 6.54 Å². The molecular weight excluding hydrogens is 330 g/mol. The molecule has 0 spiro atoms. The van der Waals surface area contributed by atoms with Crippen LogP contribution >= 0.6 is 0 Å². The van der Waals surface area contributed by atoms with Gasteiger partial charge in [-0.05, 0) is 38.8 Å². The van der Waals surface area contributed by atoms with Gasteiger partial charge in [0.05, 0.1) is 17.3 Å². The van der Waals surface area contributed by atoms with Gasteiger partial charge in [-0.25, -0.2) is 4.98 Å². The molecule has 4 rings (SSSR count). The van der Waals surface area contributed by atoms with Gasteiger partial charge < -0.3 is 4.90 Å². The van der Waals surface area contributed by atoms with Crippen molar-refractivity contribution < 1.29 is 4.79 Å². The van der Waals surface area contributed by atoms with Gasteiger partial charge in [-0.3, -0.25) is 19.6 Å². The average molecular weight is 351 g/mol. The Bertz CT molecular complexity index is 915. The minimum atomic E-state index is -0.0880. The third-order valence-corrected chi connectivity index (χ3v) is 4.77. The predicted octanol–water partition coefficient (Wildman–Crippen LogP) is 2.37. The van der Waals surface area contributed by atoms with Crippen molar-refractivity contribution in [1.82, 2.24) is 34.8 Å². The Balaban J connectivity index is 1.60. The summed E-state index contributed by atoms with van der Waals surface area (Å²) in [7, 11) is 0. The second-order valence-corrected chi connectivity index (χ2v) is 6.42. The molecule has 1 aliphatic heterocycles. The number of pyridine rings is 1. The van der Waals surface area contributed by atoms with E-state index in [-0.39, 0.29) is 11.9 Å². The monoisotopic (exact) mass is 351 g/mol. The summed E-state index contributed by atoms with van der Waals surface area (Å²) in [6.07, 6.45) is 7.08. The van der Waals surface area contributed by atoms with Gasteiger partial charge in [0, 0.05) is 37.2 Å². The quantitative estimate of drug-likeness (QED) is 0.779. The lowest BCUT2D eigenvalue weighted by atomic mass is 10.2. The van der Waals surface area contributed by atoms with Crippen LogP contribution in [0.4, 0.5) is 0 Å². The lowest BCUT2D eigenvalue weighted by Gasteiger charge is -2.22. The molecule has 0 saturated carbocycles. The molecule has 1 amide bonds. The van der Waals surface area contributed by atoms with Gasteiger partial charge in [-0.1, -0.05) is 0 Å². The standard InChI is InChI=1S/C18H21N7O/c1-3-24-11-14(12(2)23-24)18(26)25-10-4-5-15(25)17-20-16(21-22-17)13-6-8-19-9-7-13/h6-9,11,15H,3-5,10H2,1-2H3,(H,20,21,22). The minimum Gasteiger partial charge on any atom is -0.328 e. The zero-order chi connectivity index (χ0) is 18.1. The topological polar surface area (TPSA) is 92.6 Å². The zero-order valence-electron chi connectivity index (χ0n) is 14.9. The molecule has 1 unspecified atom stereocenters. The molecule has 134 valence electrons. The number of carbonyl (C=O) groups is 1. The van der Waals surface area contributed by atoms with Crippen LogP contribution in [0.15, 0.2) is 30.7 Å². The molecule has 1 saturated heterocycles. The van der Waals surface area contributed by atoms with Crippen molar-refractivity contribution >= 4 is 5.91 Å². The molecule has 0 aliphatic carbocycles. The van der Waals surface area contributed by atoms with Gasteiger partial charge in [0.2, 0.25) is 0 Å². The molecule has 3 aromatic heterocycles. The number of hydrogen-bond acceptors (Lipinski definition) is 5. The zero-order valence-corrected chi connectivity index (χ0v) is 14.9. The van der Waals surface area contributed by atoms with Gasteiger partial charge in [0.15, 0.2) is 5.82 Å². The number of amides is 1. The van der Waals surface area contributed by atoms with Crippen molar-refractivity contribution in [3.8, 4) is 11.4 Å². The summed E-state index contributed by atoms with van der Waals surface area (Å²) in [4.78, 5) is 23.6. The molecule has 1 atom stereocenters. The highest BCUT2D eigenvalue weighted by molar-refractivity contribution is 5.95. The molecule has 1 aliphatic rings. The fraction of sp³-hybridized carbons (Fsp3) is 0.389. The number of aryl methyl sites for hydroxylation is 2. The van der Waals surface area contributed by atoms with Crippen LogP contribution in [0.5, 0.6) is 0 Å². The minimum absolute atomic E-state index is 0.00608. The molecule has 4 heterocycles. The van der Waals surface area contributed by atoms with Crippen LogP contribution in [0.25, 0.3) is 11.4 Å². The van der Waals surface area contributed by atoms with Crippen molar-refractivity contribution in [3.63, 3.8) is 0 Å². The summed E-state index contributed by atoms with van der Waals surface area (Å²) < 4.78 is 1.80. The summed E-state index contributed by atoms with van der Waals surface area (Å²) in [5.74, 6) is 1.35. The van der Waals surface area contributed by atoms with E-state index in [1.165, 1.54) is 0 Å². The number of aromatic nitrogens is 6. The predicted molar refractivity (Wildman–Crippen MR) is 95.3 cm³/mol. The number of likely N-dealkylation sites (tertiary alicyclic amines) is 1. The van der Waals surface area contributed by atoms with Crippen molar-refractivity contribution in [1.29, 1.82) is 0 Å². The first-order valence-electron chi connectivity index (χ1n) is 8.85. The van der Waals surface area contributed by atoms with E-state index >= 15 is 0 Å². The van der Waals surface area contributed by atoms with Gasteiger partial charge in [0.1, 0.15) is 5.82 Å². The van der Waals surface area contributed by atoms with E-state index in [2.05, 4.69) is 25.3 Å². The second kappa shape index (κ2) is 6.70. The summed E-state index contributed by atoms with van der Waals surface area (Å²) in [5.41, 5.74) is 2.32. The van der Waals surface area contributed by atoms with Gasteiger partial charge >= 0.3 is 0 Å². The molecule has 0 bridgehead atoms. The maximum atomic E-state index is 13.1. The average Bonchev–Trinajstić information content (AvgIpc) is 3.40. The maximum Gasteiger partial charge on any atom is 0.257 e. The van der Waals surface area contributed by atoms with Gasteiger partial charge in [-0.2, -0.15) is 10.2 Å². The van der Waals surface area contributed by atoms with Crippen molar-refractivity contribution in [2.45, 2.75) is 39.3 Å². The van der Waals surface area contributed by atoms with Gasteiger partial charge in [0.25, 0.3) is 5.91 Å². The molecular formula is C18H21N7O. The molecule has 26 heavy (non-hydrogen) atoms. The highest BCUT2D eigenvalue weighted by Crippen LogP contribution is 2.32. The SMILES string of the molecule is CCn1cc(C(=O)N2CCCC2c2nc(-c3ccncc3)n[nH]2)c(C)n1. The Labute approximate surface area is 151 Å². The van der Waals surface area contributed by atoms with Crippen LogP contribution in [0.1, 0.15) is 47.7 Å². The lowest BCUT2D eigenvalue weighted by Crippen LogP contribution is -2.31. The molecule has 0 radical (unpaired) electrons. The van der Waals surface area contributed by atoms with Crippen LogP contribution in [0.3, 0.4) is 0 Å². The lowest BCUT2D eigenvalue weighted by molar-refractivity contribution is 0.0729. The smallest absolute Gasteiger partial charge is 0.257 e. The molecule has 8 nitrogen and oxygen atoms in total. The van der Waals surface area contributed by atoms with E-state index in [9.17, 15) is 4.79 Å². The number of rotatable bonds is 4. The first-order chi connectivity index (χ1) is 12.7. The summed E-state index contributed by atoms with van der Waals surface area (Å²) >= 11 is 0. The van der Waals surface area contributed by atoms with Crippen LogP contribution in [0, 0.1) is 6.92 Å². The Morgan fingerprint density at radius 2 is 2.15 bits per heavy atom. The van der Waals surface area contributed by atoms with Crippen molar-refractivity contribution in [2.75, 3.05) is 6.54 Å². The molecule has 0 aromatic carbocycles. The highest BCUT2D eigenvalue weighted by atomic mass is 16.2.